The maximum atomic E-state index is 5.81. The van der Waals surface area contributed by atoms with E-state index in [2.05, 4.69) is 22.5 Å². The van der Waals surface area contributed by atoms with Gasteiger partial charge in [-0.3, -0.25) is 4.99 Å². The van der Waals surface area contributed by atoms with Crippen LogP contribution in [-0.2, 0) is 0 Å². The van der Waals surface area contributed by atoms with E-state index in [0.717, 1.165) is 23.5 Å². The Labute approximate surface area is 117 Å². The first-order valence-electron chi connectivity index (χ1n) is 5.47. The van der Waals surface area contributed by atoms with Crippen LogP contribution in [0.15, 0.2) is 50.8 Å². The van der Waals surface area contributed by atoms with Crippen LogP contribution in [-0.4, -0.2) is 12.8 Å². The summed E-state index contributed by atoms with van der Waals surface area (Å²) in [6.45, 7) is 0. The Hall–Kier alpha value is -1.39. The van der Waals surface area contributed by atoms with E-state index in [0.29, 0.717) is 0 Å². The first-order valence-corrected chi connectivity index (χ1v) is 6.29. The first-order chi connectivity index (χ1) is 8.26. The molecule has 1 aliphatic heterocycles. The van der Waals surface area contributed by atoms with Gasteiger partial charge in [-0.15, -0.1) is 12.4 Å². The van der Waals surface area contributed by atoms with Crippen LogP contribution in [0.3, 0.4) is 0 Å². The number of hydrogen-bond acceptors (Lipinski definition) is 4. The summed E-state index contributed by atoms with van der Waals surface area (Å²) in [5.74, 6) is 0. The zero-order valence-corrected chi connectivity index (χ0v) is 11.6. The number of nitrogens with zero attached hydrogens (tertiary/aromatic N) is 1. The van der Waals surface area contributed by atoms with E-state index < -0.39 is 0 Å². The molecule has 94 valence electrons. The van der Waals surface area contributed by atoms with E-state index in [4.69, 9.17) is 5.73 Å². The van der Waals surface area contributed by atoms with Gasteiger partial charge in [0.05, 0.1) is 5.69 Å². The van der Waals surface area contributed by atoms with Gasteiger partial charge in [-0.2, -0.15) is 0 Å². The lowest BCUT2D eigenvalue weighted by molar-refractivity contribution is 1.25. The molecule has 0 atom stereocenters. The maximum absolute atomic E-state index is 5.81. The summed E-state index contributed by atoms with van der Waals surface area (Å²) in [6, 6.07) is 5.96. The lowest BCUT2D eigenvalue weighted by atomic mass is 10.1. The zero-order chi connectivity index (χ0) is 11.8. The molecule has 1 aromatic carbocycles. The molecular weight excluding hydrogens is 266 g/mol. The molecule has 0 radical (unpaired) electrons. The van der Waals surface area contributed by atoms with Crippen molar-refractivity contribution in [3.8, 4) is 0 Å². The molecule has 1 aliphatic carbocycles. The minimum atomic E-state index is 0. The molecule has 1 aromatic rings. The highest BCUT2D eigenvalue weighted by atomic mass is 35.5. The number of nitrogen functional groups attached to an aromatic ring is 1. The lowest BCUT2D eigenvalue weighted by Crippen LogP contribution is -2.12. The van der Waals surface area contributed by atoms with Crippen molar-refractivity contribution >= 4 is 41.3 Å². The highest BCUT2D eigenvalue weighted by Gasteiger charge is 2.20. The number of rotatable bonds is 0. The fourth-order valence-electron chi connectivity index (χ4n) is 1.95. The summed E-state index contributed by atoms with van der Waals surface area (Å²) in [7, 11) is 1.83. The third kappa shape index (κ3) is 2.26. The predicted octanol–water partition coefficient (Wildman–Crippen LogP) is 3.45. The highest BCUT2D eigenvalue weighted by Crippen LogP contribution is 2.43. The largest absolute Gasteiger partial charge is 0.399 e. The molecule has 1 heterocycles. The van der Waals surface area contributed by atoms with Crippen molar-refractivity contribution in [3.05, 3.63) is 41.0 Å². The Morgan fingerprint density at radius 2 is 2.17 bits per heavy atom. The Morgan fingerprint density at radius 1 is 1.33 bits per heavy atom. The number of nitrogens with two attached hydrogens (primary N) is 1. The van der Waals surface area contributed by atoms with Crippen LogP contribution in [0.1, 0.15) is 6.42 Å². The number of benzene rings is 1. The molecule has 3 rings (SSSR count). The quantitative estimate of drug-likeness (QED) is 0.715. The van der Waals surface area contributed by atoms with Crippen LogP contribution < -0.4 is 11.1 Å². The van der Waals surface area contributed by atoms with Gasteiger partial charge in [-0.25, -0.2) is 0 Å². The molecular formula is C13H14ClN3S. The molecule has 0 fully saturated rings. The third-order valence-corrected chi connectivity index (χ3v) is 4.05. The molecule has 3 N–H and O–H groups in total. The van der Waals surface area contributed by atoms with Gasteiger partial charge in [0.25, 0.3) is 0 Å². The molecule has 3 nitrogen and oxygen atoms in total. The summed E-state index contributed by atoms with van der Waals surface area (Å²) in [6.07, 6.45) is 5.05. The van der Waals surface area contributed by atoms with Gasteiger partial charge >= 0.3 is 0 Å². The van der Waals surface area contributed by atoms with Crippen LogP contribution in [0.5, 0.6) is 0 Å². The maximum Gasteiger partial charge on any atom is 0.0527 e. The van der Waals surface area contributed by atoms with Crippen molar-refractivity contribution in [1.82, 2.24) is 0 Å². The summed E-state index contributed by atoms with van der Waals surface area (Å²) >= 11 is 1.78. The minimum absolute atomic E-state index is 0. The van der Waals surface area contributed by atoms with Crippen molar-refractivity contribution in [2.45, 2.75) is 11.3 Å². The number of nitrogens with one attached hydrogen (secondary N) is 1. The second-order valence-electron chi connectivity index (χ2n) is 4.04. The van der Waals surface area contributed by atoms with Crippen molar-refractivity contribution in [1.29, 1.82) is 0 Å². The number of halogens is 1. The normalized spacial score (nSPS) is 18.8. The van der Waals surface area contributed by atoms with Crippen LogP contribution >= 0.6 is 24.2 Å². The lowest BCUT2D eigenvalue weighted by Gasteiger charge is -2.25. The Morgan fingerprint density at radius 3 is 2.94 bits per heavy atom. The summed E-state index contributed by atoms with van der Waals surface area (Å²) in [5.41, 5.74) is 10.0. The zero-order valence-electron chi connectivity index (χ0n) is 9.93. The number of hydrogen-bond donors (Lipinski definition) is 2. The molecule has 0 saturated carbocycles. The molecule has 0 amide bonds. The molecule has 0 spiro atoms. The van der Waals surface area contributed by atoms with Crippen LogP contribution in [0.25, 0.3) is 0 Å². The van der Waals surface area contributed by atoms with Crippen LogP contribution in [0, 0.1) is 0 Å². The Kier molecular flexibility index (Phi) is 3.68. The van der Waals surface area contributed by atoms with E-state index in [1.54, 1.807) is 11.8 Å². The van der Waals surface area contributed by atoms with Crippen molar-refractivity contribution in [2.75, 3.05) is 18.1 Å². The summed E-state index contributed by atoms with van der Waals surface area (Å²) < 4.78 is 0. The van der Waals surface area contributed by atoms with Gasteiger partial charge in [-0.05, 0) is 30.4 Å². The SMILES string of the molecule is CN=C1C=CC2=C(C1)Sc1cc(N)ccc1N2.Cl. The van der Waals surface area contributed by atoms with Crippen molar-refractivity contribution in [2.24, 2.45) is 4.99 Å². The fraction of sp³-hybridized carbons (Fsp3) is 0.154. The number of anilines is 2. The van der Waals surface area contributed by atoms with Gasteiger partial charge in [0, 0.05) is 40.4 Å². The van der Waals surface area contributed by atoms with Crippen molar-refractivity contribution in [3.63, 3.8) is 0 Å². The Balaban J connectivity index is 0.00000120. The molecule has 0 aromatic heterocycles. The molecule has 0 saturated heterocycles. The number of fused-ring (bicyclic) bond motifs is 1. The number of thioether (sulfide) groups is 1. The predicted molar refractivity (Wildman–Crippen MR) is 81.7 cm³/mol. The first kappa shape index (κ1) is 13.1. The topological polar surface area (TPSA) is 50.4 Å². The smallest absolute Gasteiger partial charge is 0.0527 e. The summed E-state index contributed by atoms with van der Waals surface area (Å²) in [4.78, 5) is 6.74. The molecule has 2 aliphatic rings. The van der Waals surface area contributed by atoms with Crippen LogP contribution in [0.2, 0.25) is 0 Å². The third-order valence-electron chi connectivity index (χ3n) is 2.88. The fourth-order valence-corrected chi connectivity index (χ4v) is 3.09. The molecule has 18 heavy (non-hydrogen) atoms. The minimum Gasteiger partial charge on any atom is -0.399 e. The standard InChI is InChI=1S/C13H13N3S.ClH/c1-15-9-3-5-11-13(7-9)17-12-6-8(14)2-4-10(12)16-11;/h2-6,16H,7,14H2,1H3;1H. The van der Waals surface area contributed by atoms with Gasteiger partial charge in [-0.1, -0.05) is 11.8 Å². The Bertz CT molecular complexity index is 576. The highest BCUT2D eigenvalue weighted by molar-refractivity contribution is 8.03. The van der Waals surface area contributed by atoms with Gasteiger partial charge in [0.1, 0.15) is 0 Å². The number of allylic oxidation sites excluding steroid dienone is 3. The molecule has 0 bridgehead atoms. The van der Waals surface area contributed by atoms with E-state index in [1.165, 1.54) is 15.5 Å². The molecule has 0 unspecified atom stereocenters. The van der Waals surface area contributed by atoms with Crippen LogP contribution in [0.4, 0.5) is 11.4 Å². The van der Waals surface area contributed by atoms with Gasteiger partial charge in [0.15, 0.2) is 0 Å². The second kappa shape index (κ2) is 5.08. The van der Waals surface area contributed by atoms with E-state index >= 15 is 0 Å². The second-order valence-corrected chi connectivity index (χ2v) is 5.18. The van der Waals surface area contributed by atoms with E-state index in [-0.39, 0.29) is 12.4 Å². The summed E-state index contributed by atoms with van der Waals surface area (Å²) in [5, 5.41) is 3.43. The van der Waals surface area contributed by atoms with Crippen molar-refractivity contribution < 1.29 is 0 Å². The van der Waals surface area contributed by atoms with Gasteiger partial charge < -0.3 is 11.1 Å². The van der Waals surface area contributed by atoms with Gasteiger partial charge in [0.2, 0.25) is 0 Å². The average molecular weight is 280 g/mol. The molecule has 5 heteroatoms. The van der Waals surface area contributed by atoms with E-state index in [9.17, 15) is 0 Å². The average Bonchev–Trinajstić information content (AvgIpc) is 2.35. The van der Waals surface area contributed by atoms with E-state index in [1.807, 2.05) is 25.2 Å². The number of aliphatic imine (C=N–C) groups is 1. The monoisotopic (exact) mass is 279 g/mol.